The number of nitrogens with one attached hydrogen (secondary N) is 1. The molecule has 9 heteroatoms. The molecule has 0 bridgehead atoms. The molecule has 168 valence electrons. The lowest BCUT2D eigenvalue weighted by molar-refractivity contribution is -0.137. The first-order valence-corrected chi connectivity index (χ1v) is 11.1. The third-order valence-corrected chi connectivity index (χ3v) is 5.98. The van der Waals surface area contributed by atoms with Crippen LogP contribution in [0.15, 0.2) is 65.7 Å². The predicted octanol–water partition coefficient (Wildman–Crippen LogP) is 6.18. The Bertz CT molecular complexity index is 1370. The Labute approximate surface area is 192 Å². The van der Waals surface area contributed by atoms with E-state index in [1.165, 1.54) is 17.8 Å². The largest absolute Gasteiger partial charge is 0.416 e. The van der Waals surface area contributed by atoms with Gasteiger partial charge in [-0.25, -0.2) is 9.97 Å². The van der Waals surface area contributed by atoms with Gasteiger partial charge in [-0.1, -0.05) is 12.1 Å². The van der Waals surface area contributed by atoms with Crippen molar-refractivity contribution in [2.24, 2.45) is 0 Å². The zero-order valence-electron chi connectivity index (χ0n) is 17.7. The van der Waals surface area contributed by atoms with Gasteiger partial charge in [-0.2, -0.15) is 13.2 Å². The second-order valence-corrected chi connectivity index (χ2v) is 8.25. The van der Waals surface area contributed by atoms with E-state index in [0.29, 0.717) is 16.0 Å². The van der Waals surface area contributed by atoms with Crippen molar-refractivity contribution in [3.05, 3.63) is 77.5 Å². The number of fused-ring (bicyclic) bond motifs is 1. The molecule has 0 unspecified atom stereocenters. The van der Waals surface area contributed by atoms with Crippen LogP contribution in [0.5, 0.6) is 0 Å². The van der Waals surface area contributed by atoms with Crippen LogP contribution in [0.2, 0.25) is 0 Å². The molecule has 0 spiro atoms. The summed E-state index contributed by atoms with van der Waals surface area (Å²) in [4.78, 5) is 21.7. The number of nitrogens with zero attached hydrogens (tertiary/aromatic N) is 2. The van der Waals surface area contributed by atoms with Crippen molar-refractivity contribution in [2.45, 2.75) is 18.0 Å². The summed E-state index contributed by atoms with van der Waals surface area (Å²) < 4.78 is 39.4. The van der Waals surface area contributed by atoms with Crippen molar-refractivity contribution in [1.82, 2.24) is 9.97 Å². The Morgan fingerprint density at radius 3 is 2.58 bits per heavy atom. The molecule has 0 fully saturated rings. The fourth-order valence-corrected chi connectivity index (χ4v) is 4.00. The number of benzene rings is 3. The molecule has 0 saturated carbocycles. The van der Waals surface area contributed by atoms with Crippen LogP contribution in [0, 0.1) is 6.92 Å². The molecule has 4 rings (SSSR count). The van der Waals surface area contributed by atoms with Gasteiger partial charge in [-0.3, -0.25) is 4.79 Å². The third kappa shape index (κ3) is 4.78. The highest BCUT2D eigenvalue weighted by Crippen LogP contribution is 2.35. The quantitative estimate of drug-likeness (QED) is 0.350. The molecule has 1 heterocycles. The van der Waals surface area contributed by atoms with Gasteiger partial charge < -0.3 is 11.1 Å². The van der Waals surface area contributed by atoms with Crippen LogP contribution in [-0.4, -0.2) is 22.1 Å². The standard InChI is InChI=1S/C24H19F3N4OS/c1-13-3-4-15(10-18(13)14-5-7-19-16(9-14)12-29-23(28)31-19)22(32)30-20-11-17(24(25,26)27)6-8-21(20)33-2/h3-12H,1-2H3,(H,30,32)(H2,28,29,31). The van der Waals surface area contributed by atoms with Crippen LogP contribution >= 0.6 is 11.8 Å². The molecule has 3 aromatic carbocycles. The number of nitrogen functional groups attached to an aromatic ring is 1. The number of nitrogens with two attached hydrogens (primary N) is 1. The number of aromatic nitrogens is 2. The van der Waals surface area contributed by atoms with Gasteiger partial charge in [0.2, 0.25) is 5.95 Å². The first-order valence-electron chi connectivity index (χ1n) is 9.85. The topological polar surface area (TPSA) is 80.9 Å². The summed E-state index contributed by atoms with van der Waals surface area (Å²) >= 11 is 1.25. The summed E-state index contributed by atoms with van der Waals surface area (Å²) in [5.41, 5.74) is 8.57. The molecule has 0 aliphatic heterocycles. The van der Waals surface area contributed by atoms with Crippen LogP contribution in [-0.2, 0) is 6.18 Å². The number of hydrogen-bond acceptors (Lipinski definition) is 5. The van der Waals surface area contributed by atoms with Crippen molar-refractivity contribution in [2.75, 3.05) is 17.3 Å². The number of aryl methyl sites for hydroxylation is 1. The monoisotopic (exact) mass is 468 g/mol. The highest BCUT2D eigenvalue weighted by Gasteiger charge is 2.31. The first-order chi connectivity index (χ1) is 15.7. The van der Waals surface area contributed by atoms with E-state index in [-0.39, 0.29) is 11.6 Å². The summed E-state index contributed by atoms with van der Waals surface area (Å²) in [5.74, 6) is -0.313. The highest BCUT2D eigenvalue weighted by molar-refractivity contribution is 7.98. The summed E-state index contributed by atoms with van der Waals surface area (Å²) in [6.07, 6.45) is -1.14. The maximum atomic E-state index is 13.1. The average molecular weight is 469 g/mol. The number of halogens is 3. The molecule has 33 heavy (non-hydrogen) atoms. The fourth-order valence-electron chi connectivity index (χ4n) is 3.47. The van der Waals surface area contributed by atoms with Crippen molar-refractivity contribution in [1.29, 1.82) is 0 Å². The van der Waals surface area contributed by atoms with Gasteiger partial charge >= 0.3 is 6.18 Å². The molecular formula is C24H19F3N4OS. The van der Waals surface area contributed by atoms with Gasteiger partial charge in [-0.05, 0) is 72.3 Å². The summed E-state index contributed by atoms with van der Waals surface area (Å²) in [6, 6.07) is 14.1. The van der Waals surface area contributed by atoms with Crippen LogP contribution in [0.1, 0.15) is 21.5 Å². The smallest absolute Gasteiger partial charge is 0.368 e. The lowest BCUT2D eigenvalue weighted by Crippen LogP contribution is -2.14. The lowest BCUT2D eigenvalue weighted by Gasteiger charge is -2.14. The predicted molar refractivity (Wildman–Crippen MR) is 125 cm³/mol. The van der Waals surface area contributed by atoms with E-state index in [0.717, 1.165) is 34.2 Å². The van der Waals surface area contributed by atoms with Crippen molar-refractivity contribution < 1.29 is 18.0 Å². The number of alkyl halides is 3. The molecule has 1 aromatic heterocycles. The van der Waals surface area contributed by atoms with Gasteiger partial charge in [0.1, 0.15) is 0 Å². The highest BCUT2D eigenvalue weighted by atomic mass is 32.2. The summed E-state index contributed by atoms with van der Waals surface area (Å²) in [5, 5.41) is 3.43. The van der Waals surface area contributed by atoms with E-state index >= 15 is 0 Å². The minimum absolute atomic E-state index is 0.116. The molecule has 1 amide bonds. The van der Waals surface area contributed by atoms with Crippen LogP contribution in [0.3, 0.4) is 0 Å². The Morgan fingerprint density at radius 2 is 1.85 bits per heavy atom. The molecular weight excluding hydrogens is 449 g/mol. The summed E-state index contributed by atoms with van der Waals surface area (Å²) in [7, 11) is 0. The van der Waals surface area contributed by atoms with Gasteiger partial charge in [-0.15, -0.1) is 11.8 Å². The third-order valence-electron chi connectivity index (χ3n) is 5.18. The van der Waals surface area contributed by atoms with Gasteiger partial charge in [0.25, 0.3) is 5.91 Å². The van der Waals surface area contributed by atoms with Crippen molar-refractivity contribution in [3.8, 4) is 11.1 Å². The zero-order valence-corrected chi connectivity index (χ0v) is 18.5. The first kappa shape index (κ1) is 22.6. The summed E-state index contributed by atoms with van der Waals surface area (Å²) in [6.45, 7) is 1.92. The number of carbonyl (C=O) groups excluding carboxylic acids is 1. The number of rotatable bonds is 4. The van der Waals surface area contributed by atoms with Crippen molar-refractivity contribution >= 4 is 40.2 Å². The van der Waals surface area contributed by atoms with Crippen LogP contribution in [0.25, 0.3) is 22.0 Å². The zero-order chi connectivity index (χ0) is 23.8. The molecule has 0 atom stereocenters. The maximum absolute atomic E-state index is 13.1. The second-order valence-electron chi connectivity index (χ2n) is 7.40. The van der Waals surface area contributed by atoms with Crippen LogP contribution in [0.4, 0.5) is 24.8 Å². The van der Waals surface area contributed by atoms with Gasteiger partial charge in [0, 0.05) is 22.0 Å². The van der Waals surface area contributed by atoms with E-state index in [9.17, 15) is 18.0 Å². The molecule has 0 saturated heterocycles. The second kappa shape index (κ2) is 8.74. The molecule has 3 N–H and O–H groups in total. The van der Waals surface area contributed by atoms with E-state index in [2.05, 4.69) is 15.3 Å². The Hall–Kier alpha value is -3.59. The van der Waals surface area contributed by atoms with E-state index < -0.39 is 17.6 Å². The number of amides is 1. The molecule has 0 aliphatic rings. The molecule has 0 aliphatic carbocycles. The lowest BCUT2D eigenvalue weighted by atomic mass is 9.97. The van der Waals surface area contributed by atoms with Gasteiger partial charge in [0.15, 0.2) is 0 Å². The minimum atomic E-state index is -4.50. The van der Waals surface area contributed by atoms with Crippen molar-refractivity contribution in [3.63, 3.8) is 0 Å². The molecule has 5 nitrogen and oxygen atoms in total. The normalized spacial score (nSPS) is 11.5. The van der Waals surface area contributed by atoms with E-state index in [4.69, 9.17) is 5.73 Å². The SMILES string of the molecule is CSc1ccc(C(F)(F)F)cc1NC(=O)c1ccc(C)c(-c2ccc3nc(N)ncc3c2)c1. The van der Waals surface area contributed by atoms with Crippen LogP contribution < -0.4 is 11.1 Å². The van der Waals surface area contributed by atoms with Gasteiger partial charge in [0.05, 0.1) is 16.8 Å². The van der Waals surface area contributed by atoms with E-state index in [1.807, 2.05) is 25.1 Å². The number of thioether (sulfide) groups is 1. The molecule has 4 aromatic rings. The number of anilines is 2. The Kier molecular flexibility index (Phi) is 5.99. The number of carbonyl (C=O) groups is 1. The Morgan fingerprint density at radius 1 is 1.06 bits per heavy atom. The Balaban J connectivity index is 1.68. The molecule has 0 radical (unpaired) electrons. The minimum Gasteiger partial charge on any atom is -0.368 e. The average Bonchev–Trinajstić information content (AvgIpc) is 2.78. The maximum Gasteiger partial charge on any atom is 0.416 e. The number of hydrogen-bond donors (Lipinski definition) is 2. The van der Waals surface area contributed by atoms with E-state index in [1.54, 1.807) is 30.7 Å². The fraction of sp³-hybridized carbons (Fsp3) is 0.125.